The number of hydrogen-bond acceptors (Lipinski definition) is 2. The van der Waals surface area contributed by atoms with Crippen LogP contribution in [0.4, 0.5) is 4.79 Å². The smallest absolute Gasteiger partial charge is 0.318 e. The third-order valence-corrected chi connectivity index (χ3v) is 2.60. The molecule has 0 radical (unpaired) electrons. The van der Waals surface area contributed by atoms with Crippen LogP contribution in [0.15, 0.2) is 0 Å². The van der Waals surface area contributed by atoms with E-state index in [-0.39, 0.29) is 25.0 Å². The largest absolute Gasteiger partial charge is 0.481 e. The predicted octanol–water partition coefficient (Wildman–Crippen LogP) is 1.05. The first-order valence-corrected chi connectivity index (χ1v) is 5.64. The first kappa shape index (κ1) is 13.4. The van der Waals surface area contributed by atoms with Crippen LogP contribution in [0.2, 0.25) is 0 Å². The predicted molar refractivity (Wildman–Crippen MR) is 63.4 cm³/mol. The number of hydrogen-bond donors (Lipinski definition) is 2. The second-order valence-electron chi connectivity index (χ2n) is 4.77. The minimum Gasteiger partial charge on any atom is -0.481 e. The van der Waals surface area contributed by atoms with Crippen molar-refractivity contribution in [3.05, 3.63) is 0 Å². The van der Waals surface area contributed by atoms with Gasteiger partial charge in [-0.25, -0.2) is 4.79 Å². The van der Waals surface area contributed by atoms with Gasteiger partial charge in [0.25, 0.3) is 0 Å². The van der Waals surface area contributed by atoms with Crippen molar-refractivity contribution < 1.29 is 14.7 Å². The van der Waals surface area contributed by atoms with E-state index in [1.165, 1.54) is 0 Å². The molecule has 0 saturated heterocycles. The van der Waals surface area contributed by atoms with Gasteiger partial charge in [0.2, 0.25) is 0 Å². The Morgan fingerprint density at radius 2 is 2.12 bits per heavy atom. The van der Waals surface area contributed by atoms with Crippen LogP contribution < -0.4 is 5.32 Å². The Labute approximate surface area is 101 Å². The lowest BCUT2D eigenvalue weighted by atomic mass is 10.1. The van der Waals surface area contributed by atoms with Crippen LogP contribution in [-0.2, 0) is 4.79 Å². The fraction of sp³-hybridized carbons (Fsp3) is 0.667. The molecular weight excluding hydrogens is 220 g/mol. The maximum atomic E-state index is 11.9. The second-order valence-corrected chi connectivity index (χ2v) is 4.77. The van der Waals surface area contributed by atoms with E-state index >= 15 is 0 Å². The monoisotopic (exact) mass is 238 g/mol. The molecule has 17 heavy (non-hydrogen) atoms. The van der Waals surface area contributed by atoms with Crippen molar-refractivity contribution in [1.29, 1.82) is 0 Å². The van der Waals surface area contributed by atoms with E-state index < -0.39 is 11.5 Å². The van der Waals surface area contributed by atoms with E-state index in [4.69, 9.17) is 11.5 Å². The number of urea groups is 1. The fourth-order valence-corrected chi connectivity index (χ4v) is 1.43. The number of carbonyl (C=O) groups is 2. The number of aliphatic carboxylic acids is 1. The molecule has 0 aromatic rings. The molecule has 5 heteroatoms. The van der Waals surface area contributed by atoms with Gasteiger partial charge in [-0.1, -0.05) is 5.92 Å². The first-order valence-electron chi connectivity index (χ1n) is 5.64. The van der Waals surface area contributed by atoms with Crippen molar-refractivity contribution in [3.8, 4) is 12.3 Å². The van der Waals surface area contributed by atoms with Crippen LogP contribution in [0, 0.1) is 12.3 Å². The first-order chi connectivity index (χ1) is 7.85. The molecule has 1 fully saturated rings. The van der Waals surface area contributed by atoms with Gasteiger partial charge in [0.05, 0.1) is 12.0 Å². The van der Waals surface area contributed by atoms with Gasteiger partial charge < -0.3 is 15.3 Å². The standard InChI is InChI=1S/C12H18N2O3/c1-4-12(2,3)13-11(17)14(9-5-6-9)8-7-10(15)16/h1,9H,5-8H2,2-3H3,(H,13,17)(H,15,16). The molecular formula is C12H18N2O3. The van der Waals surface area contributed by atoms with Gasteiger partial charge in [-0.05, 0) is 26.7 Å². The van der Waals surface area contributed by atoms with Gasteiger partial charge in [-0.15, -0.1) is 6.42 Å². The van der Waals surface area contributed by atoms with E-state index in [0.29, 0.717) is 0 Å². The lowest BCUT2D eigenvalue weighted by Crippen LogP contribution is -2.50. The molecule has 0 atom stereocenters. The molecule has 2 N–H and O–H groups in total. The molecule has 0 aliphatic heterocycles. The fourth-order valence-electron chi connectivity index (χ4n) is 1.43. The molecule has 0 bridgehead atoms. The third-order valence-electron chi connectivity index (χ3n) is 2.60. The number of amides is 2. The van der Waals surface area contributed by atoms with Crippen LogP contribution in [0.5, 0.6) is 0 Å². The average molecular weight is 238 g/mol. The van der Waals surface area contributed by atoms with Gasteiger partial charge in [-0.2, -0.15) is 0 Å². The summed E-state index contributed by atoms with van der Waals surface area (Å²) in [6.07, 6.45) is 7.12. The summed E-state index contributed by atoms with van der Waals surface area (Å²) in [7, 11) is 0. The van der Waals surface area contributed by atoms with Crippen LogP contribution in [0.1, 0.15) is 33.1 Å². The topological polar surface area (TPSA) is 69.6 Å². The van der Waals surface area contributed by atoms with Crippen molar-refractivity contribution in [3.63, 3.8) is 0 Å². The number of terminal acetylenes is 1. The minimum atomic E-state index is -0.903. The third kappa shape index (κ3) is 4.35. The lowest BCUT2D eigenvalue weighted by Gasteiger charge is -2.27. The molecule has 94 valence electrons. The molecule has 5 nitrogen and oxygen atoms in total. The van der Waals surface area contributed by atoms with Gasteiger partial charge >= 0.3 is 12.0 Å². The summed E-state index contributed by atoms with van der Waals surface area (Å²) in [6, 6.07) is -0.111. The summed E-state index contributed by atoms with van der Waals surface area (Å²) < 4.78 is 0. The number of nitrogens with one attached hydrogen (secondary N) is 1. The van der Waals surface area contributed by atoms with Gasteiger partial charge in [0.15, 0.2) is 0 Å². The Bertz CT molecular complexity index is 353. The maximum Gasteiger partial charge on any atom is 0.318 e. The van der Waals surface area contributed by atoms with Crippen LogP contribution >= 0.6 is 0 Å². The van der Waals surface area contributed by atoms with E-state index in [2.05, 4.69) is 11.2 Å². The quantitative estimate of drug-likeness (QED) is 0.703. The summed E-state index contributed by atoms with van der Waals surface area (Å²) in [5.74, 6) is 1.57. The summed E-state index contributed by atoms with van der Waals surface area (Å²) in [4.78, 5) is 24.0. The number of carboxylic acids is 1. The minimum absolute atomic E-state index is 0.0413. The number of nitrogens with zero attached hydrogens (tertiary/aromatic N) is 1. The Morgan fingerprint density at radius 3 is 2.53 bits per heavy atom. The zero-order chi connectivity index (χ0) is 13.1. The van der Waals surface area contributed by atoms with Crippen molar-refractivity contribution in [2.45, 2.75) is 44.7 Å². The zero-order valence-electron chi connectivity index (χ0n) is 10.2. The highest BCUT2D eigenvalue weighted by molar-refractivity contribution is 5.77. The number of carbonyl (C=O) groups excluding carboxylic acids is 1. The van der Waals surface area contributed by atoms with Crippen molar-refractivity contribution in [2.24, 2.45) is 0 Å². The molecule has 1 aliphatic carbocycles. The normalized spacial score (nSPS) is 14.9. The maximum absolute atomic E-state index is 11.9. The highest BCUT2D eigenvalue weighted by Crippen LogP contribution is 2.27. The molecule has 1 rings (SSSR count). The SMILES string of the molecule is C#CC(C)(C)NC(=O)N(CCC(=O)O)C1CC1. The zero-order valence-corrected chi connectivity index (χ0v) is 10.2. The van der Waals surface area contributed by atoms with Gasteiger partial charge in [-0.3, -0.25) is 4.79 Å². The molecule has 0 aromatic carbocycles. The van der Waals surface area contributed by atoms with E-state index in [1.54, 1.807) is 18.7 Å². The van der Waals surface area contributed by atoms with E-state index in [1.807, 2.05) is 0 Å². The molecule has 0 unspecified atom stereocenters. The Hall–Kier alpha value is -1.70. The molecule has 1 aliphatic rings. The molecule has 0 aromatic heterocycles. The Morgan fingerprint density at radius 1 is 1.53 bits per heavy atom. The number of rotatable bonds is 5. The van der Waals surface area contributed by atoms with Crippen LogP contribution in [0.25, 0.3) is 0 Å². The lowest BCUT2D eigenvalue weighted by molar-refractivity contribution is -0.137. The molecule has 2 amide bonds. The summed E-state index contributed by atoms with van der Waals surface area (Å²) >= 11 is 0. The highest BCUT2D eigenvalue weighted by atomic mass is 16.4. The van der Waals surface area contributed by atoms with Gasteiger partial charge in [0.1, 0.15) is 0 Å². The van der Waals surface area contributed by atoms with Crippen molar-refractivity contribution in [1.82, 2.24) is 10.2 Å². The molecule has 0 spiro atoms. The molecule has 1 saturated carbocycles. The highest BCUT2D eigenvalue weighted by Gasteiger charge is 2.34. The Kier molecular flexibility index (Phi) is 4.00. The van der Waals surface area contributed by atoms with E-state index in [9.17, 15) is 9.59 Å². The Balaban J connectivity index is 2.55. The van der Waals surface area contributed by atoms with Crippen LogP contribution in [0.3, 0.4) is 0 Å². The summed E-state index contributed by atoms with van der Waals surface area (Å²) in [5.41, 5.74) is -0.715. The second kappa shape index (κ2) is 5.09. The van der Waals surface area contributed by atoms with Crippen molar-refractivity contribution in [2.75, 3.05) is 6.54 Å². The summed E-state index contributed by atoms with van der Waals surface area (Å²) in [6.45, 7) is 3.69. The average Bonchev–Trinajstić information content (AvgIpc) is 3.01. The van der Waals surface area contributed by atoms with Crippen LogP contribution in [-0.4, -0.2) is 40.1 Å². The van der Waals surface area contributed by atoms with Crippen molar-refractivity contribution >= 4 is 12.0 Å². The summed E-state index contributed by atoms with van der Waals surface area (Å²) in [5, 5.41) is 11.3. The number of carboxylic acid groups (broad SMARTS) is 1. The van der Waals surface area contributed by atoms with Gasteiger partial charge in [0, 0.05) is 12.6 Å². The van der Waals surface area contributed by atoms with E-state index in [0.717, 1.165) is 12.8 Å². The molecule has 0 heterocycles.